The second-order valence-electron chi connectivity index (χ2n) is 10.3. The van der Waals surface area contributed by atoms with Crippen molar-refractivity contribution < 1.29 is 33.6 Å². The van der Waals surface area contributed by atoms with E-state index in [1.165, 1.54) is 63.9 Å². The van der Waals surface area contributed by atoms with Gasteiger partial charge in [0.05, 0.1) is 12.2 Å². The number of rotatable bonds is 16. The normalized spacial score (nSPS) is 31.3. The third-order valence-electron chi connectivity index (χ3n) is 7.29. The van der Waals surface area contributed by atoms with Crippen molar-refractivity contribution in [3.05, 3.63) is 12.2 Å². The first kappa shape index (κ1) is 27.2. The third kappa shape index (κ3) is 8.65. The van der Waals surface area contributed by atoms with E-state index in [9.17, 15) is 14.7 Å². The number of aliphatic hydroxyl groups is 1. The summed E-state index contributed by atoms with van der Waals surface area (Å²) in [6.45, 7) is 2.77. The van der Waals surface area contributed by atoms with Crippen LogP contribution in [-0.2, 0) is 28.5 Å². The SMILES string of the molecule is CCCCCCCCCCCCCC(CC1CC(O)CC2(CC3OC(=O)C=CC3O2)O1)OC=O. The lowest BCUT2D eigenvalue weighted by Crippen LogP contribution is -2.47. The average Bonchev–Trinajstić information content (AvgIpc) is 3.12. The van der Waals surface area contributed by atoms with Crippen molar-refractivity contribution in [3.63, 3.8) is 0 Å². The van der Waals surface area contributed by atoms with Gasteiger partial charge in [-0.25, -0.2) is 4.79 Å². The molecule has 2 saturated heterocycles. The number of ether oxygens (including phenoxy) is 4. The van der Waals surface area contributed by atoms with Crippen molar-refractivity contribution in [3.8, 4) is 0 Å². The molecule has 34 heavy (non-hydrogen) atoms. The van der Waals surface area contributed by atoms with Gasteiger partial charge in [-0.3, -0.25) is 4.79 Å². The highest BCUT2D eigenvalue weighted by atomic mass is 16.7. The zero-order valence-electron chi connectivity index (χ0n) is 20.8. The standard InChI is InChI=1S/C27H44O7/c1-2-3-4-5-6-7-8-9-10-11-12-13-22(31-20-28)17-23-16-21(29)18-27(33-23)19-25-24(34-27)14-15-26(30)32-25/h14-15,20-25,29H,2-13,16-19H2,1H3. The molecule has 3 aliphatic rings. The summed E-state index contributed by atoms with van der Waals surface area (Å²) in [7, 11) is 0. The number of carbonyl (C=O) groups excluding carboxylic acids is 2. The van der Waals surface area contributed by atoms with Crippen LogP contribution in [0.4, 0.5) is 0 Å². The highest BCUT2D eigenvalue weighted by molar-refractivity contribution is 5.83. The van der Waals surface area contributed by atoms with Crippen molar-refractivity contribution in [2.75, 3.05) is 0 Å². The zero-order valence-corrected chi connectivity index (χ0v) is 20.8. The van der Waals surface area contributed by atoms with Gasteiger partial charge in [0, 0.05) is 25.3 Å². The molecule has 3 aliphatic heterocycles. The predicted octanol–water partition coefficient (Wildman–Crippen LogP) is 5.13. The van der Waals surface area contributed by atoms with E-state index < -0.39 is 11.9 Å². The van der Waals surface area contributed by atoms with Crippen LogP contribution in [-0.4, -0.2) is 53.9 Å². The molecule has 3 heterocycles. The molecule has 1 N–H and O–H groups in total. The fraction of sp³-hybridized carbons (Fsp3) is 0.852. The van der Waals surface area contributed by atoms with Crippen molar-refractivity contribution in [1.82, 2.24) is 0 Å². The molecule has 0 bridgehead atoms. The summed E-state index contributed by atoms with van der Waals surface area (Å²) in [6.07, 6.45) is 17.8. The summed E-state index contributed by atoms with van der Waals surface area (Å²) >= 11 is 0. The Morgan fingerprint density at radius 3 is 2.41 bits per heavy atom. The monoisotopic (exact) mass is 480 g/mol. The van der Waals surface area contributed by atoms with Crippen LogP contribution in [0.5, 0.6) is 0 Å². The molecule has 7 nitrogen and oxygen atoms in total. The van der Waals surface area contributed by atoms with Crippen molar-refractivity contribution in [1.29, 1.82) is 0 Å². The fourth-order valence-corrected chi connectivity index (χ4v) is 5.58. The molecule has 7 heteroatoms. The minimum Gasteiger partial charge on any atom is -0.464 e. The van der Waals surface area contributed by atoms with E-state index in [1.807, 2.05) is 0 Å². The largest absolute Gasteiger partial charge is 0.464 e. The molecule has 6 atom stereocenters. The van der Waals surface area contributed by atoms with Gasteiger partial charge in [-0.05, 0) is 25.3 Å². The molecule has 0 saturated carbocycles. The molecule has 0 radical (unpaired) electrons. The molecule has 194 valence electrons. The Kier molecular flexibility index (Phi) is 11.3. The van der Waals surface area contributed by atoms with Gasteiger partial charge < -0.3 is 24.1 Å². The van der Waals surface area contributed by atoms with E-state index in [1.54, 1.807) is 6.08 Å². The van der Waals surface area contributed by atoms with Gasteiger partial charge in [0.2, 0.25) is 0 Å². The molecule has 0 amide bonds. The Balaban J connectivity index is 1.35. The fourth-order valence-electron chi connectivity index (χ4n) is 5.58. The molecule has 1 spiro atoms. The minimum atomic E-state index is -0.963. The summed E-state index contributed by atoms with van der Waals surface area (Å²) in [5.41, 5.74) is 0. The smallest absolute Gasteiger partial charge is 0.330 e. The van der Waals surface area contributed by atoms with Gasteiger partial charge in [0.15, 0.2) is 5.79 Å². The summed E-state index contributed by atoms with van der Waals surface area (Å²) in [4.78, 5) is 22.6. The number of fused-ring (bicyclic) bond motifs is 1. The molecule has 3 rings (SSSR count). The molecule has 0 aromatic rings. The van der Waals surface area contributed by atoms with Crippen molar-refractivity contribution >= 4 is 12.4 Å². The molecule has 6 unspecified atom stereocenters. The zero-order chi connectivity index (χ0) is 24.2. The first-order valence-electron chi connectivity index (χ1n) is 13.5. The van der Waals surface area contributed by atoms with E-state index in [0.29, 0.717) is 32.2 Å². The van der Waals surface area contributed by atoms with Crippen LogP contribution >= 0.6 is 0 Å². The Morgan fingerprint density at radius 1 is 1.06 bits per heavy atom. The second-order valence-corrected chi connectivity index (χ2v) is 10.3. The highest BCUT2D eigenvalue weighted by Crippen LogP contribution is 2.44. The summed E-state index contributed by atoms with van der Waals surface area (Å²) in [6, 6.07) is 0. The third-order valence-corrected chi connectivity index (χ3v) is 7.29. The number of unbranched alkanes of at least 4 members (excludes halogenated alkanes) is 10. The van der Waals surface area contributed by atoms with Gasteiger partial charge in [-0.15, -0.1) is 0 Å². The van der Waals surface area contributed by atoms with Gasteiger partial charge in [0.1, 0.15) is 18.3 Å². The highest BCUT2D eigenvalue weighted by Gasteiger charge is 2.53. The van der Waals surface area contributed by atoms with Crippen LogP contribution < -0.4 is 0 Å². The first-order valence-corrected chi connectivity index (χ1v) is 13.5. The number of carbonyl (C=O) groups is 2. The Bertz CT molecular complexity index is 651. The van der Waals surface area contributed by atoms with Gasteiger partial charge in [-0.1, -0.05) is 71.1 Å². The van der Waals surface area contributed by atoms with Crippen LogP contribution in [0, 0.1) is 0 Å². The molecule has 0 aromatic heterocycles. The average molecular weight is 481 g/mol. The summed E-state index contributed by atoms with van der Waals surface area (Å²) in [5, 5.41) is 10.5. The topological polar surface area (TPSA) is 91.3 Å². The maximum Gasteiger partial charge on any atom is 0.330 e. The second kappa shape index (κ2) is 14.2. The predicted molar refractivity (Wildman–Crippen MR) is 128 cm³/mol. The van der Waals surface area contributed by atoms with Gasteiger partial charge in [-0.2, -0.15) is 0 Å². The van der Waals surface area contributed by atoms with Crippen LogP contribution in [0.25, 0.3) is 0 Å². The molecule has 0 aromatic carbocycles. The molecule has 0 aliphatic carbocycles. The van der Waals surface area contributed by atoms with E-state index in [2.05, 4.69) is 6.92 Å². The summed E-state index contributed by atoms with van der Waals surface area (Å²) < 4.78 is 23.1. The van der Waals surface area contributed by atoms with Crippen molar-refractivity contribution in [2.45, 2.75) is 146 Å². The van der Waals surface area contributed by atoms with Crippen LogP contribution in [0.1, 0.15) is 110 Å². The first-order chi connectivity index (χ1) is 16.5. The van der Waals surface area contributed by atoms with E-state index in [0.717, 1.165) is 19.3 Å². The van der Waals surface area contributed by atoms with E-state index in [4.69, 9.17) is 18.9 Å². The van der Waals surface area contributed by atoms with Crippen LogP contribution in [0.3, 0.4) is 0 Å². The van der Waals surface area contributed by atoms with Gasteiger partial charge >= 0.3 is 5.97 Å². The van der Waals surface area contributed by atoms with E-state index in [-0.39, 0.29) is 30.4 Å². The number of aliphatic hydroxyl groups excluding tert-OH is 1. The van der Waals surface area contributed by atoms with Crippen LogP contribution in [0.2, 0.25) is 0 Å². The maximum atomic E-state index is 11.6. The Labute approximate surface area is 204 Å². The molecule has 2 fully saturated rings. The van der Waals surface area contributed by atoms with E-state index >= 15 is 0 Å². The molecular formula is C27H44O7. The number of esters is 1. The number of hydrogen-bond donors (Lipinski definition) is 1. The van der Waals surface area contributed by atoms with Crippen LogP contribution in [0.15, 0.2) is 12.2 Å². The molecular weight excluding hydrogens is 436 g/mol. The summed E-state index contributed by atoms with van der Waals surface area (Å²) in [5.74, 6) is -1.34. The quantitative estimate of drug-likeness (QED) is 0.186. The lowest BCUT2D eigenvalue weighted by molar-refractivity contribution is -0.285. The Morgan fingerprint density at radius 2 is 1.74 bits per heavy atom. The lowest BCUT2D eigenvalue weighted by Gasteiger charge is -2.41. The van der Waals surface area contributed by atoms with Gasteiger partial charge in [0.25, 0.3) is 6.47 Å². The maximum absolute atomic E-state index is 11.6. The minimum absolute atomic E-state index is 0.232. The van der Waals surface area contributed by atoms with Crippen molar-refractivity contribution in [2.24, 2.45) is 0 Å². The Hall–Kier alpha value is -1.44. The number of hydrogen-bond acceptors (Lipinski definition) is 7. The lowest BCUT2D eigenvalue weighted by atomic mass is 9.92.